The number of ether oxygens (including phenoxy) is 2. The zero-order valence-electron chi connectivity index (χ0n) is 18.4. The average molecular weight is 471 g/mol. The van der Waals surface area contributed by atoms with Crippen molar-refractivity contribution in [3.05, 3.63) is 57.7 Å². The Balaban J connectivity index is 2.09. The second-order valence-corrected chi connectivity index (χ2v) is 8.17. The van der Waals surface area contributed by atoms with Crippen LogP contribution in [0.15, 0.2) is 36.5 Å². The van der Waals surface area contributed by atoms with Gasteiger partial charge in [0.1, 0.15) is 17.6 Å². The van der Waals surface area contributed by atoms with Gasteiger partial charge < -0.3 is 19.7 Å². The number of halogens is 2. The molecule has 166 valence electrons. The number of nitrogens with zero attached hydrogens (tertiary/aromatic N) is 3. The first-order valence-corrected chi connectivity index (χ1v) is 10.7. The van der Waals surface area contributed by atoms with E-state index in [0.717, 1.165) is 29.4 Å². The van der Waals surface area contributed by atoms with Gasteiger partial charge in [0, 0.05) is 29.8 Å². The summed E-state index contributed by atoms with van der Waals surface area (Å²) >= 11 is 12.6. The molecule has 0 aliphatic rings. The average Bonchev–Trinajstić information content (AvgIpc) is 2.77. The lowest BCUT2D eigenvalue weighted by Crippen LogP contribution is -2.11. The first-order chi connectivity index (χ1) is 15.4. The minimum absolute atomic E-state index is 0.374. The van der Waals surface area contributed by atoms with Crippen molar-refractivity contribution < 1.29 is 9.47 Å². The lowest BCUT2D eigenvalue weighted by atomic mass is 10.0. The van der Waals surface area contributed by atoms with Gasteiger partial charge in [0.05, 0.1) is 46.7 Å². The molecule has 6 nitrogen and oxygen atoms in total. The Hall–Kier alpha value is -2.98. The van der Waals surface area contributed by atoms with Gasteiger partial charge in [0.25, 0.3) is 0 Å². The zero-order chi connectivity index (χ0) is 23.3. The summed E-state index contributed by atoms with van der Waals surface area (Å²) in [4.78, 5) is 6.60. The number of benzene rings is 2. The molecule has 8 heteroatoms. The van der Waals surface area contributed by atoms with Crippen LogP contribution in [0.5, 0.6) is 11.5 Å². The maximum absolute atomic E-state index is 9.68. The number of fused-ring (bicyclic) bond motifs is 1. The number of pyridine rings is 1. The summed E-state index contributed by atoms with van der Waals surface area (Å²) in [7, 11) is 7.23. The van der Waals surface area contributed by atoms with E-state index < -0.39 is 0 Å². The van der Waals surface area contributed by atoms with E-state index in [-0.39, 0.29) is 0 Å². The Labute approximate surface area is 198 Å². The number of hydrogen-bond acceptors (Lipinski definition) is 6. The van der Waals surface area contributed by atoms with Gasteiger partial charge in [0.2, 0.25) is 0 Å². The van der Waals surface area contributed by atoms with Gasteiger partial charge in [-0.05, 0) is 38.7 Å². The summed E-state index contributed by atoms with van der Waals surface area (Å²) < 4.78 is 10.9. The highest BCUT2D eigenvalue weighted by atomic mass is 35.5. The van der Waals surface area contributed by atoms with Crippen LogP contribution < -0.4 is 14.8 Å². The molecule has 0 amide bonds. The highest BCUT2D eigenvalue weighted by Gasteiger charge is 2.15. The van der Waals surface area contributed by atoms with Gasteiger partial charge in [-0.1, -0.05) is 35.4 Å². The first kappa shape index (κ1) is 23.7. The Bertz CT molecular complexity index is 1200. The van der Waals surface area contributed by atoms with Crippen molar-refractivity contribution in [1.29, 1.82) is 5.26 Å². The number of rotatable bonds is 8. The van der Waals surface area contributed by atoms with E-state index in [9.17, 15) is 5.26 Å². The van der Waals surface area contributed by atoms with Crippen LogP contribution in [0.3, 0.4) is 0 Å². The lowest BCUT2D eigenvalue weighted by molar-refractivity contribution is 0.414. The van der Waals surface area contributed by atoms with Crippen LogP contribution in [0.2, 0.25) is 10.0 Å². The second kappa shape index (κ2) is 10.6. The third-order valence-corrected chi connectivity index (χ3v) is 5.49. The normalized spacial score (nSPS) is 11.2. The topological polar surface area (TPSA) is 70.4 Å². The molecule has 0 bridgehead atoms. The van der Waals surface area contributed by atoms with Crippen molar-refractivity contribution in [2.75, 3.05) is 40.2 Å². The van der Waals surface area contributed by atoms with E-state index in [4.69, 9.17) is 32.7 Å². The fraction of sp³-hybridized carbons (Fsp3) is 0.250. The summed E-state index contributed by atoms with van der Waals surface area (Å²) in [5, 5.41) is 14.5. The quantitative estimate of drug-likeness (QED) is 0.426. The van der Waals surface area contributed by atoms with Crippen molar-refractivity contribution >= 4 is 51.6 Å². The molecule has 0 radical (unpaired) electrons. The molecule has 32 heavy (non-hydrogen) atoms. The largest absolute Gasteiger partial charge is 0.496 e. The van der Waals surface area contributed by atoms with E-state index in [1.807, 2.05) is 32.3 Å². The van der Waals surface area contributed by atoms with Gasteiger partial charge >= 0.3 is 0 Å². The Morgan fingerprint density at radius 1 is 1.09 bits per heavy atom. The molecule has 0 aliphatic carbocycles. The van der Waals surface area contributed by atoms with Crippen molar-refractivity contribution in [3.8, 4) is 17.6 Å². The van der Waals surface area contributed by atoms with E-state index in [1.165, 1.54) is 13.3 Å². The summed E-state index contributed by atoms with van der Waals surface area (Å²) in [6, 6.07) is 9.29. The Kier molecular flexibility index (Phi) is 7.81. The summed E-state index contributed by atoms with van der Waals surface area (Å²) in [5.74, 6) is 1.15. The fourth-order valence-corrected chi connectivity index (χ4v) is 3.73. The number of nitrogens with one attached hydrogen (secondary N) is 1. The Morgan fingerprint density at radius 3 is 2.50 bits per heavy atom. The molecule has 1 aromatic heterocycles. The van der Waals surface area contributed by atoms with Crippen LogP contribution in [0, 0.1) is 11.3 Å². The predicted molar refractivity (Wildman–Crippen MR) is 132 cm³/mol. The fourth-order valence-electron chi connectivity index (χ4n) is 3.22. The molecular formula is C24H24Cl2N4O2. The number of anilines is 2. The maximum atomic E-state index is 9.68. The van der Waals surface area contributed by atoms with Crippen molar-refractivity contribution in [3.63, 3.8) is 0 Å². The van der Waals surface area contributed by atoms with Crippen LogP contribution in [0.4, 0.5) is 11.4 Å². The van der Waals surface area contributed by atoms with E-state index in [1.54, 1.807) is 19.2 Å². The third kappa shape index (κ3) is 5.25. The third-order valence-electron chi connectivity index (χ3n) is 4.88. The van der Waals surface area contributed by atoms with E-state index in [0.29, 0.717) is 38.5 Å². The number of hydrogen-bond donors (Lipinski definition) is 1. The molecule has 1 heterocycles. The highest BCUT2D eigenvalue weighted by molar-refractivity contribution is 6.37. The molecule has 0 fully saturated rings. The van der Waals surface area contributed by atoms with Gasteiger partial charge in [-0.2, -0.15) is 5.26 Å². The second-order valence-electron chi connectivity index (χ2n) is 7.36. The van der Waals surface area contributed by atoms with Crippen molar-refractivity contribution in [2.24, 2.45) is 0 Å². The monoisotopic (exact) mass is 470 g/mol. The molecule has 0 saturated carbocycles. The molecular weight excluding hydrogens is 447 g/mol. The van der Waals surface area contributed by atoms with E-state index >= 15 is 0 Å². The number of nitriles is 1. The van der Waals surface area contributed by atoms with Crippen LogP contribution >= 0.6 is 23.2 Å². The van der Waals surface area contributed by atoms with Crippen LogP contribution in [-0.4, -0.2) is 44.7 Å². The van der Waals surface area contributed by atoms with Crippen LogP contribution in [-0.2, 0) is 0 Å². The summed E-state index contributed by atoms with van der Waals surface area (Å²) in [6.45, 7) is 0.954. The molecule has 0 unspecified atom stereocenters. The zero-order valence-corrected chi connectivity index (χ0v) is 19.9. The molecule has 0 aliphatic heterocycles. The van der Waals surface area contributed by atoms with E-state index in [2.05, 4.69) is 27.3 Å². The molecule has 0 spiro atoms. The highest BCUT2D eigenvalue weighted by Crippen LogP contribution is 2.39. The predicted octanol–water partition coefficient (Wildman–Crippen LogP) is 6.14. The van der Waals surface area contributed by atoms with Gasteiger partial charge in [-0.25, -0.2) is 0 Å². The first-order valence-electron chi connectivity index (χ1n) is 9.90. The molecule has 1 N–H and O–H groups in total. The van der Waals surface area contributed by atoms with Crippen molar-refractivity contribution in [1.82, 2.24) is 9.88 Å². The van der Waals surface area contributed by atoms with Crippen molar-refractivity contribution in [2.45, 2.75) is 6.42 Å². The SMILES string of the molecule is COc1cc(Nc2c(C#N)cnc3cc(C=CCCN(C)C)c(OC)cc23)c(Cl)cc1Cl. The lowest BCUT2D eigenvalue weighted by Gasteiger charge is -2.16. The number of methoxy groups -OCH3 is 2. The minimum Gasteiger partial charge on any atom is -0.496 e. The smallest absolute Gasteiger partial charge is 0.139 e. The standard InChI is InChI=1S/C24H24Cl2N4O2/c1-30(2)8-6-5-7-15-9-20-17(10-22(15)31-3)24(16(13-27)14-28-20)29-21-12-23(32-4)19(26)11-18(21)25/h5,7,9-12,14H,6,8H2,1-4H3,(H,28,29). The minimum atomic E-state index is 0.374. The molecule has 0 atom stereocenters. The van der Waals surface area contributed by atoms with Gasteiger partial charge in [-0.15, -0.1) is 0 Å². The van der Waals surface area contributed by atoms with Crippen LogP contribution in [0.25, 0.3) is 17.0 Å². The molecule has 0 saturated heterocycles. The van der Waals surface area contributed by atoms with Gasteiger partial charge in [-0.3, -0.25) is 4.98 Å². The summed E-state index contributed by atoms with van der Waals surface area (Å²) in [6.07, 6.45) is 6.58. The number of aromatic nitrogens is 1. The maximum Gasteiger partial charge on any atom is 0.139 e. The van der Waals surface area contributed by atoms with Crippen LogP contribution in [0.1, 0.15) is 17.5 Å². The Morgan fingerprint density at radius 2 is 1.84 bits per heavy atom. The molecule has 3 aromatic rings. The summed E-state index contributed by atoms with van der Waals surface area (Å²) in [5.41, 5.74) is 3.14. The molecule has 2 aromatic carbocycles. The van der Waals surface area contributed by atoms with Gasteiger partial charge in [0.15, 0.2) is 0 Å². The molecule has 3 rings (SSSR count).